The summed E-state index contributed by atoms with van der Waals surface area (Å²) in [5.41, 5.74) is 0.764. The number of carbonyl (C=O) groups is 2. The second-order valence-corrected chi connectivity index (χ2v) is 12.1. The molecule has 1 unspecified atom stereocenters. The van der Waals surface area contributed by atoms with E-state index in [9.17, 15) is 22.4 Å². The van der Waals surface area contributed by atoms with Crippen molar-refractivity contribution in [1.29, 1.82) is 0 Å². The molecule has 0 bridgehead atoms. The van der Waals surface area contributed by atoms with E-state index in [-0.39, 0.29) is 34.7 Å². The number of hydrogen-bond acceptors (Lipinski definition) is 7. The zero-order valence-corrected chi connectivity index (χ0v) is 26.0. The topological polar surface area (TPSA) is 114 Å². The van der Waals surface area contributed by atoms with Gasteiger partial charge in [0.15, 0.2) is 11.5 Å². The summed E-state index contributed by atoms with van der Waals surface area (Å²) in [5.74, 6) is -0.309. The molecule has 0 fully saturated rings. The molecule has 0 saturated heterocycles. The average molecular weight is 616 g/mol. The van der Waals surface area contributed by atoms with E-state index in [2.05, 4.69) is 5.32 Å². The van der Waals surface area contributed by atoms with Crippen LogP contribution in [0.5, 0.6) is 17.2 Å². The number of nitrogens with zero attached hydrogens (tertiary/aromatic N) is 2. The lowest BCUT2D eigenvalue weighted by atomic mass is 10.1. The number of amides is 2. The Hall–Kier alpha value is -4.32. The maximum atomic E-state index is 14.0. The highest BCUT2D eigenvalue weighted by Crippen LogP contribution is 2.32. The number of sulfonamides is 1. The number of nitrogens with one attached hydrogen (secondary N) is 1. The fourth-order valence-electron chi connectivity index (χ4n) is 4.20. The summed E-state index contributed by atoms with van der Waals surface area (Å²) >= 11 is 0. The van der Waals surface area contributed by atoms with Crippen LogP contribution in [0.3, 0.4) is 0 Å². The van der Waals surface area contributed by atoms with Gasteiger partial charge in [-0.15, -0.1) is 0 Å². The van der Waals surface area contributed by atoms with Gasteiger partial charge in [-0.1, -0.05) is 26.0 Å². The van der Waals surface area contributed by atoms with Crippen molar-refractivity contribution in [3.63, 3.8) is 0 Å². The van der Waals surface area contributed by atoms with Crippen LogP contribution in [0.25, 0.3) is 0 Å². The van der Waals surface area contributed by atoms with E-state index in [0.29, 0.717) is 23.6 Å². The molecule has 1 atom stereocenters. The molecule has 0 spiro atoms. The summed E-state index contributed by atoms with van der Waals surface area (Å²) in [6.45, 7) is 5.24. The lowest BCUT2D eigenvalue weighted by Gasteiger charge is -2.32. The molecule has 12 heteroatoms. The third-order valence-electron chi connectivity index (χ3n) is 6.70. The van der Waals surface area contributed by atoms with Crippen molar-refractivity contribution in [2.75, 3.05) is 38.7 Å². The molecule has 43 heavy (non-hydrogen) atoms. The molecule has 10 nitrogen and oxygen atoms in total. The molecule has 2 amide bonds. The van der Waals surface area contributed by atoms with Gasteiger partial charge in [-0.3, -0.25) is 13.9 Å². The number of rotatable bonds is 14. The zero-order valence-electron chi connectivity index (χ0n) is 25.2. The van der Waals surface area contributed by atoms with E-state index >= 15 is 0 Å². The van der Waals surface area contributed by atoms with Gasteiger partial charge in [-0.25, -0.2) is 12.8 Å². The van der Waals surface area contributed by atoms with Crippen molar-refractivity contribution < 1.29 is 36.6 Å². The fourth-order valence-corrected chi connectivity index (χ4v) is 5.63. The molecule has 3 aromatic carbocycles. The average Bonchev–Trinajstić information content (AvgIpc) is 3.01. The van der Waals surface area contributed by atoms with Gasteiger partial charge in [-0.2, -0.15) is 0 Å². The molecule has 3 rings (SSSR count). The first-order valence-electron chi connectivity index (χ1n) is 13.6. The maximum Gasteiger partial charge on any atom is 0.264 e. The summed E-state index contributed by atoms with van der Waals surface area (Å²) in [6, 6.07) is 14.8. The van der Waals surface area contributed by atoms with Crippen molar-refractivity contribution in [2.24, 2.45) is 5.92 Å². The molecule has 3 aromatic rings. The summed E-state index contributed by atoms with van der Waals surface area (Å²) in [5, 5.41) is 2.84. The van der Waals surface area contributed by atoms with Crippen molar-refractivity contribution >= 4 is 27.5 Å². The molecular formula is C31H38FN3O7S. The minimum atomic E-state index is -4.39. The van der Waals surface area contributed by atoms with Gasteiger partial charge in [0.25, 0.3) is 10.0 Å². The minimum absolute atomic E-state index is 0.0206. The second-order valence-electron chi connectivity index (χ2n) is 10.2. The van der Waals surface area contributed by atoms with Crippen molar-refractivity contribution in [1.82, 2.24) is 10.2 Å². The Bertz CT molecular complexity index is 1500. The smallest absolute Gasteiger partial charge is 0.264 e. The van der Waals surface area contributed by atoms with Gasteiger partial charge < -0.3 is 24.4 Å². The molecule has 0 saturated carbocycles. The summed E-state index contributed by atoms with van der Waals surface area (Å²) in [4.78, 5) is 28.2. The Morgan fingerprint density at radius 2 is 1.49 bits per heavy atom. The quantitative estimate of drug-likeness (QED) is 0.289. The van der Waals surface area contributed by atoms with E-state index in [1.54, 1.807) is 31.2 Å². The number of ether oxygens (including phenoxy) is 3. The number of methoxy groups -OCH3 is 3. The maximum absolute atomic E-state index is 14.0. The van der Waals surface area contributed by atoms with Gasteiger partial charge >= 0.3 is 0 Å². The highest BCUT2D eigenvalue weighted by molar-refractivity contribution is 7.92. The van der Waals surface area contributed by atoms with Crippen molar-refractivity contribution in [3.05, 3.63) is 78.1 Å². The van der Waals surface area contributed by atoms with Crippen LogP contribution >= 0.6 is 0 Å². The van der Waals surface area contributed by atoms with Crippen LogP contribution in [0.1, 0.15) is 26.3 Å². The Balaban J connectivity index is 2.04. The first kappa shape index (κ1) is 33.2. The Morgan fingerprint density at radius 3 is 2.05 bits per heavy atom. The number of carbonyl (C=O) groups excluding carboxylic acids is 2. The Kier molecular flexibility index (Phi) is 11.4. The van der Waals surface area contributed by atoms with E-state index in [4.69, 9.17) is 14.2 Å². The number of anilines is 1. The van der Waals surface area contributed by atoms with Gasteiger partial charge in [0.05, 0.1) is 31.9 Å². The van der Waals surface area contributed by atoms with E-state index < -0.39 is 34.3 Å². The summed E-state index contributed by atoms with van der Waals surface area (Å²) in [6.07, 6.45) is 0. The first-order chi connectivity index (χ1) is 20.4. The van der Waals surface area contributed by atoms with Crippen LogP contribution in [0.2, 0.25) is 0 Å². The van der Waals surface area contributed by atoms with Gasteiger partial charge in [0, 0.05) is 19.2 Å². The van der Waals surface area contributed by atoms with Gasteiger partial charge in [0.1, 0.15) is 24.2 Å². The molecule has 232 valence electrons. The van der Waals surface area contributed by atoms with Crippen LogP contribution in [-0.2, 0) is 26.2 Å². The molecule has 1 N–H and O–H groups in total. The standard InChI is InChI=1S/C31H38FN3O7S/c1-21(2)18-33-31(37)22(3)34(19-23-7-13-26(40-4)14-8-23)30(36)20-35(25-11-9-24(32)10-12-25)43(38,39)27-15-16-28(41-5)29(17-27)42-6/h7-17,21-22H,18-20H2,1-6H3,(H,33,37). The number of halogens is 1. The SMILES string of the molecule is COc1ccc(CN(C(=O)CN(c2ccc(F)cc2)S(=O)(=O)c2ccc(OC)c(OC)c2)C(C)C(=O)NCC(C)C)cc1. The fraction of sp³-hybridized carbons (Fsp3) is 0.355. The zero-order chi connectivity index (χ0) is 31.7. The Labute approximate surface area is 252 Å². The highest BCUT2D eigenvalue weighted by atomic mass is 32.2. The van der Waals surface area contributed by atoms with Crippen LogP contribution in [-0.4, -0.2) is 65.6 Å². The molecular weight excluding hydrogens is 577 g/mol. The highest BCUT2D eigenvalue weighted by Gasteiger charge is 2.33. The molecule has 0 radical (unpaired) electrons. The van der Waals surface area contributed by atoms with Crippen LogP contribution in [0.15, 0.2) is 71.6 Å². The third-order valence-corrected chi connectivity index (χ3v) is 8.47. The van der Waals surface area contributed by atoms with Gasteiger partial charge in [-0.05, 0) is 66.9 Å². The molecule has 0 aliphatic heterocycles. The van der Waals surface area contributed by atoms with E-state index in [0.717, 1.165) is 16.4 Å². The largest absolute Gasteiger partial charge is 0.497 e. The molecule has 0 aliphatic carbocycles. The van der Waals surface area contributed by atoms with Crippen LogP contribution < -0.4 is 23.8 Å². The number of benzene rings is 3. The molecule has 0 heterocycles. The lowest BCUT2D eigenvalue weighted by molar-refractivity contribution is -0.139. The monoisotopic (exact) mass is 615 g/mol. The predicted molar refractivity (Wildman–Crippen MR) is 161 cm³/mol. The summed E-state index contributed by atoms with van der Waals surface area (Å²) < 4.78 is 58.5. The normalized spacial score (nSPS) is 11.9. The first-order valence-corrected chi connectivity index (χ1v) is 15.1. The lowest BCUT2D eigenvalue weighted by Crippen LogP contribution is -2.51. The van der Waals surface area contributed by atoms with Crippen molar-refractivity contribution in [2.45, 2.75) is 38.3 Å². The predicted octanol–water partition coefficient (Wildman–Crippen LogP) is 4.24. The van der Waals surface area contributed by atoms with Gasteiger partial charge in [0.2, 0.25) is 11.8 Å². The molecule has 0 aliphatic rings. The van der Waals surface area contributed by atoms with Crippen molar-refractivity contribution in [3.8, 4) is 17.2 Å². The summed E-state index contributed by atoms with van der Waals surface area (Å²) in [7, 11) is -0.0598. The van der Waals surface area contributed by atoms with Crippen LogP contribution in [0, 0.1) is 11.7 Å². The number of hydrogen-bond donors (Lipinski definition) is 1. The van der Waals surface area contributed by atoms with Crippen LogP contribution in [0.4, 0.5) is 10.1 Å². The molecule has 0 aromatic heterocycles. The minimum Gasteiger partial charge on any atom is -0.497 e. The Morgan fingerprint density at radius 1 is 0.860 bits per heavy atom. The van der Waals surface area contributed by atoms with E-state index in [1.807, 2.05) is 13.8 Å². The van der Waals surface area contributed by atoms with E-state index in [1.165, 1.54) is 56.6 Å². The second kappa shape index (κ2) is 14.7. The third kappa shape index (κ3) is 8.38.